The van der Waals surface area contributed by atoms with Crippen LogP contribution in [-0.2, 0) is 19.2 Å². The van der Waals surface area contributed by atoms with Gasteiger partial charge < -0.3 is 37.6 Å². The first-order valence-corrected chi connectivity index (χ1v) is 16.0. The van der Waals surface area contributed by atoms with Crippen LogP contribution in [0.2, 0.25) is 0 Å². The van der Waals surface area contributed by atoms with Crippen LogP contribution in [0.1, 0.15) is 5.69 Å². The Morgan fingerprint density at radius 1 is 1.35 bits per heavy atom. The largest absolute Gasteiger partial charge is 0.477 e. The van der Waals surface area contributed by atoms with E-state index in [1.165, 1.54) is 40.7 Å². The van der Waals surface area contributed by atoms with Gasteiger partial charge in [-0.25, -0.2) is 19.2 Å². The maximum absolute atomic E-state index is 13.2. The molecule has 9 N–H and O–H groups in total. The number of β-lactam (4-membered cyclic amide) rings is 1. The number of thioether (sulfide) groups is 3. The number of oxime groups is 1. The molecule has 0 radical (unpaired) electrons. The van der Waals surface area contributed by atoms with Crippen molar-refractivity contribution in [1.29, 1.82) is 0 Å². The summed E-state index contributed by atoms with van der Waals surface area (Å²) in [4.78, 5) is 58.5. The van der Waals surface area contributed by atoms with Gasteiger partial charge in [0, 0.05) is 44.0 Å². The number of aliphatic hydroxyl groups excluding tert-OH is 1. The molecule has 4 rings (SSSR count). The molecule has 0 bridgehead atoms. The van der Waals surface area contributed by atoms with Crippen molar-refractivity contribution in [2.75, 3.05) is 37.1 Å². The predicted molar refractivity (Wildman–Crippen MR) is 162 cm³/mol. The fourth-order valence-electron chi connectivity index (χ4n) is 3.84. The molecule has 4 heterocycles. The summed E-state index contributed by atoms with van der Waals surface area (Å²) in [7, 11) is 0. The van der Waals surface area contributed by atoms with Gasteiger partial charge in [-0.2, -0.15) is 0 Å². The predicted octanol–water partition coefficient (Wildman–Crippen LogP) is 0.0253. The number of nitrogens with zero attached hydrogens (tertiary/aromatic N) is 5. The Morgan fingerprint density at radius 3 is 2.79 bits per heavy atom. The van der Waals surface area contributed by atoms with Gasteiger partial charge in [-0.3, -0.25) is 19.5 Å². The maximum atomic E-state index is 13.2. The minimum atomic E-state index is -1.30. The number of halogens is 1. The van der Waals surface area contributed by atoms with E-state index in [4.69, 9.17) is 22.0 Å². The zero-order valence-electron chi connectivity index (χ0n) is 22.1. The van der Waals surface area contributed by atoms with Gasteiger partial charge in [-0.05, 0) is 6.07 Å². The molecule has 2 aliphatic heterocycles. The lowest BCUT2D eigenvalue weighted by molar-refractivity contribution is -0.150. The van der Waals surface area contributed by atoms with Crippen LogP contribution in [0.15, 0.2) is 54.4 Å². The van der Waals surface area contributed by atoms with Crippen LogP contribution >= 0.6 is 46.6 Å². The van der Waals surface area contributed by atoms with Crippen molar-refractivity contribution < 1.29 is 33.8 Å². The third-order valence-corrected chi connectivity index (χ3v) is 10.3. The molecule has 0 aliphatic carbocycles. The van der Waals surface area contributed by atoms with E-state index >= 15 is 0 Å². The van der Waals surface area contributed by atoms with Crippen LogP contribution in [0.25, 0.3) is 0 Å². The quantitative estimate of drug-likeness (QED) is 0.0388. The number of carboxylic acid groups (broad SMARTS) is 1. The van der Waals surface area contributed by atoms with Crippen LogP contribution in [-0.4, -0.2) is 103 Å². The van der Waals surface area contributed by atoms with Crippen molar-refractivity contribution in [2.45, 2.75) is 27.2 Å². The van der Waals surface area contributed by atoms with Gasteiger partial charge in [0.2, 0.25) is 0 Å². The Labute approximate surface area is 260 Å². The van der Waals surface area contributed by atoms with E-state index in [1.807, 2.05) is 0 Å². The molecule has 0 aromatic carbocycles. The summed E-state index contributed by atoms with van der Waals surface area (Å²) in [5.74, 6) is -2.34. The molecular formula is C23H26FN9O6S4. The number of guanidine groups is 1. The number of alkyl halides is 1. The van der Waals surface area contributed by atoms with Gasteiger partial charge in [0.25, 0.3) is 11.8 Å². The number of aliphatic hydroxyl groups is 1. The first-order valence-electron chi connectivity index (χ1n) is 12.3. The van der Waals surface area contributed by atoms with Gasteiger partial charge in [-0.1, -0.05) is 16.9 Å². The Kier molecular flexibility index (Phi) is 11.1. The van der Waals surface area contributed by atoms with E-state index in [9.17, 15) is 29.0 Å². The lowest BCUT2D eigenvalue weighted by atomic mass is 10.0. The van der Waals surface area contributed by atoms with E-state index in [0.717, 1.165) is 16.2 Å². The highest BCUT2D eigenvalue weighted by Crippen LogP contribution is 2.46. The molecule has 230 valence electrons. The van der Waals surface area contributed by atoms with Crippen molar-refractivity contribution in [2.24, 2.45) is 21.6 Å². The second kappa shape index (κ2) is 14.7. The first-order chi connectivity index (χ1) is 20.6. The number of hydrogen-bond acceptors (Lipinski definition) is 14. The second-order valence-electron chi connectivity index (χ2n) is 8.60. The van der Waals surface area contributed by atoms with Crippen molar-refractivity contribution in [3.05, 3.63) is 40.1 Å². The molecule has 0 spiro atoms. The average molecular weight is 672 g/mol. The molecule has 1 fully saturated rings. The van der Waals surface area contributed by atoms with Gasteiger partial charge in [0.05, 0.1) is 12.6 Å². The third-order valence-electron chi connectivity index (χ3n) is 5.68. The number of anilines is 1. The van der Waals surface area contributed by atoms with Crippen LogP contribution < -0.4 is 22.5 Å². The van der Waals surface area contributed by atoms with Crippen LogP contribution in [0.5, 0.6) is 0 Å². The number of thiazole rings is 1. The highest BCUT2D eigenvalue weighted by molar-refractivity contribution is 8.07. The zero-order valence-corrected chi connectivity index (χ0v) is 25.3. The summed E-state index contributed by atoms with van der Waals surface area (Å²) >= 11 is 4.83. The van der Waals surface area contributed by atoms with Gasteiger partial charge in [-0.15, -0.1) is 34.9 Å². The molecule has 20 heteroatoms. The van der Waals surface area contributed by atoms with Gasteiger partial charge >= 0.3 is 5.97 Å². The molecule has 2 amide bonds. The SMILES string of the molecule is NC(N)=NC(CO)CSc1cnccc1SC1=C(C(=O)O)N2C(=O)[C@@H](NC(=O)/C(=N\OCCF)c3csc(N)n3)[C@H]2SC1. The summed E-state index contributed by atoms with van der Waals surface area (Å²) in [5, 5.41) is 26.8. The number of nitrogens with two attached hydrogens (primary N) is 3. The first kappa shape index (κ1) is 32.3. The number of amides is 2. The number of nitrogen functional groups attached to an aromatic ring is 1. The summed E-state index contributed by atoms with van der Waals surface area (Å²) < 4.78 is 12.5. The molecule has 2 aromatic rings. The standard InChI is InChI=1S/C23H26FN9O6S4/c24-2-4-39-32-15(11-8-42-23(27)30-11)18(35)31-16-19(36)33-17(21(37)38)14(9-41-20(16)33)43-12-1-3-28-5-13(12)40-7-10(6-34)29-22(25)26/h1,3,5,8,10,16,20,34H,2,4,6-7,9H2,(H2,27,30)(H,31,35)(H,37,38)(H4,25,26,29)/b32-15-/t10?,16-,20-/m1/s1. The summed E-state index contributed by atoms with van der Waals surface area (Å²) in [5.41, 5.74) is 16.1. The summed E-state index contributed by atoms with van der Waals surface area (Å²) in [6, 6.07) is 0.106. The number of carbonyl (C=O) groups excluding carboxylic acids is 2. The fourth-order valence-corrected chi connectivity index (χ4v) is 8.06. The number of carbonyl (C=O) groups is 3. The number of rotatable bonds is 14. The van der Waals surface area contributed by atoms with Gasteiger partial charge in [0.1, 0.15) is 36.1 Å². The van der Waals surface area contributed by atoms with Gasteiger partial charge in [0.15, 0.2) is 16.8 Å². The number of aromatic nitrogens is 2. The van der Waals surface area contributed by atoms with Crippen molar-refractivity contribution in [3.63, 3.8) is 0 Å². The molecule has 2 aromatic heterocycles. The monoisotopic (exact) mass is 671 g/mol. The zero-order chi connectivity index (χ0) is 31.1. The van der Waals surface area contributed by atoms with E-state index < -0.39 is 48.5 Å². The number of pyridine rings is 1. The van der Waals surface area contributed by atoms with E-state index in [2.05, 4.69) is 25.4 Å². The highest BCUT2D eigenvalue weighted by atomic mass is 32.2. The summed E-state index contributed by atoms with van der Waals surface area (Å²) in [6.07, 6.45) is 3.15. The van der Waals surface area contributed by atoms with Crippen molar-refractivity contribution in [3.8, 4) is 0 Å². The Bertz CT molecular complexity index is 1470. The average Bonchev–Trinajstić information content (AvgIpc) is 3.41. The Hall–Kier alpha value is -3.59. The Balaban J connectivity index is 1.51. The lowest BCUT2D eigenvalue weighted by Crippen LogP contribution is -2.71. The normalized spacial score (nSPS) is 18.9. The molecule has 1 saturated heterocycles. The van der Waals surface area contributed by atoms with E-state index in [0.29, 0.717) is 20.4 Å². The third kappa shape index (κ3) is 7.68. The summed E-state index contributed by atoms with van der Waals surface area (Å²) in [6.45, 7) is -1.50. The van der Waals surface area contributed by atoms with Crippen molar-refractivity contribution in [1.82, 2.24) is 20.2 Å². The fraction of sp³-hybridized carbons (Fsp3) is 0.348. The molecule has 2 aliphatic rings. The molecular weight excluding hydrogens is 646 g/mol. The minimum Gasteiger partial charge on any atom is -0.477 e. The van der Waals surface area contributed by atoms with Crippen LogP contribution in [0.4, 0.5) is 9.52 Å². The van der Waals surface area contributed by atoms with E-state index in [1.54, 1.807) is 18.5 Å². The lowest BCUT2D eigenvalue weighted by Gasteiger charge is -2.49. The molecule has 1 unspecified atom stereocenters. The topological polar surface area (TPSA) is 245 Å². The number of fused-ring (bicyclic) bond motifs is 1. The van der Waals surface area contributed by atoms with Crippen molar-refractivity contribution >= 4 is 81.2 Å². The second-order valence-corrected chi connectivity index (χ2v) is 12.8. The maximum Gasteiger partial charge on any atom is 0.353 e. The number of hydrogen-bond donors (Lipinski definition) is 6. The smallest absolute Gasteiger partial charge is 0.353 e. The van der Waals surface area contributed by atoms with E-state index in [-0.39, 0.29) is 40.6 Å². The number of aliphatic carboxylic acids is 1. The molecule has 43 heavy (non-hydrogen) atoms. The molecule has 0 saturated carbocycles. The van der Waals surface area contributed by atoms with Crippen LogP contribution in [0, 0.1) is 0 Å². The Morgan fingerprint density at radius 2 is 2.14 bits per heavy atom. The number of nitrogens with one attached hydrogen (secondary N) is 1. The highest BCUT2D eigenvalue weighted by Gasteiger charge is 2.54. The number of aliphatic imine (C=N–C) groups is 1. The minimum absolute atomic E-state index is 0.0817. The van der Waals surface area contributed by atoms with Crippen LogP contribution in [0.3, 0.4) is 0 Å². The molecule has 3 atom stereocenters. The number of carboxylic acids is 1. The molecule has 15 nitrogen and oxygen atoms in total.